The highest BCUT2D eigenvalue weighted by Gasteiger charge is 2.09. The van der Waals surface area contributed by atoms with E-state index in [9.17, 15) is 4.79 Å². The van der Waals surface area contributed by atoms with Crippen molar-refractivity contribution in [2.45, 2.75) is 6.61 Å². The lowest BCUT2D eigenvalue weighted by atomic mass is 10.2. The van der Waals surface area contributed by atoms with Crippen LogP contribution in [0.15, 0.2) is 53.1 Å². The molecule has 0 aliphatic carbocycles. The zero-order chi connectivity index (χ0) is 16.1. The summed E-state index contributed by atoms with van der Waals surface area (Å²) in [6, 6.07) is 14.1. The molecular weight excluding hydrogens is 296 g/mol. The highest BCUT2D eigenvalue weighted by atomic mass is 16.5. The van der Waals surface area contributed by atoms with Crippen molar-refractivity contribution < 1.29 is 18.8 Å². The predicted octanol–water partition coefficient (Wildman–Crippen LogP) is 3.14. The maximum Gasteiger partial charge on any atom is 0.258 e. The van der Waals surface area contributed by atoms with Gasteiger partial charge in [0, 0.05) is 11.1 Å². The highest BCUT2D eigenvalue weighted by Crippen LogP contribution is 2.21. The molecule has 3 aromatic rings. The Morgan fingerprint density at radius 3 is 2.39 bits per heavy atom. The van der Waals surface area contributed by atoms with Crippen LogP contribution < -0.4 is 9.47 Å². The van der Waals surface area contributed by atoms with Crippen LogP contribution in [-0.2, 0) is 6.61 Å². The number of aromatic nitrogens is 2. The van der Waals surface area contributed by atoms with Crippen LogP contribution in [-0.4, -0.2) is 23.5 Å². The first-order chi connectivity index (χ1) is 11.3. The van der Waals surface area contributed by atoms with Crippen molar-refractivity contribution in [3.63, 3.8) is 0 Å². The lowest BCUT2D eigenvalue weighted by Gasteiger charge is -2.02. The summed E-state index contributed by atoms with van der Waals surface area (Å²) in [5.74, 6) is 2.25. The molecule has 0 aliphatic rings. The van der Waals surface area contributed by atoms with Gasteiger partial charge in [0.05, 0.1) is 7.11 Å². The average Bonchev–Trinajstić information content (AvgIpc) is 3.09. The number of aldehydes is 1. The third-order valence-corrected chi connectivity index (χ3v) is 3.19. The van der Waals surface area contributed by atoms with E-state index in [-0.39, 0.29) is 6.61 Å². The molecule has 0 saturated carbocycles. The van der Waals surface area contributed by atoms with E-state index < -0.39 is 0 Å². The number of hydrogen-bond acceptors (Lipinski definition) is 6. The number of benzene rings is 2. The van der Waals surface area contributed by atoms with Crippen LogP contribution in [0.2, 0.25) is 0 Å². The van der Waals surface area contributed by atoms with Crippen LogP contribution in [0.5, 0.6) is 11.5 Å². The number of rotatable bonds is 6. The minimum atomic E-state index is 0.181. The van der Waals surface area contributed by atoms with Crippen molar-refractivity contribution in [2.24, 2.45) is 0 Å². The number of methoxy groups -OCH3 is 1. The molecule has 0 fully saturated rings. The van der Waals surface area contributed by atoms with Gasteiger partial charge in [0.25, 0.3) is 5.89 Å². The largest absolute Gasteiger partial charge is 0.497 e. The van der Waals surface area contributed by atoms with Crippen molar-refractivity contribution in [1.29, 1.82) is 0 Å². The Morgan fingerprint density at radius 1 is 1.04 bits per heavy atom. The third kappa shape index (κ3) is 3.55. The van der Waals surface area contributed by atoms with Gasteiger partial charge in [-0.3, -0.25) is 4.79 Å². The molecule has 0 atom stereocenters. The quantitative estimate of drug-likeness (QED) is 0.651. The summed E-state index contributed by atoms with van der Waals surface area (Å²) in [6.45, 7) is 0.181. The second-order valence-corrected chi connectivity index (χ2v) is 4.72. The number of hydrogen-bond donors (Lipinski definition) is 0. The Morgan fingerprint density at radius 2 is 1.74 bits per heavy atom. The van der Waals surface area contributed by atoms with Crippen LogP contribution in [0.4, 0.5) is 0 Å². The first-order valence-electron chi connectivity index (χ1n) is 6.93. The van der Waals surface area contributed by atoms with Crippen molar-refractivity contribution >= 4 is 6.29 Å². The zero-order valence-electron chi connectivity index (χ0n) is 12.4. The van der Waals surface area contributed by atoms with E-state index in [0.29, 0.717) is 23.0 Å². The van der Waals surface area contributed by atoms with Gasteiger partial charge in [-0.05, 0) is 48.5 Å². The van der Waals surface area contributed by atoms with E-state index in [1.807, 2.05) is 24.3 Å². The lowest BCUT2D eigenvalue weighted by Crippen LogP contribution is -1.97. The highest BCUT2D eigenvalue weighted by molar-refractivity contribution is 5.74. The summed E-state index contributed by atoms with van der Waals surface area (Å²) >= 11 is 0. The standard InChI is InChI=1S/C17H14N2O4/c1-21-14-8-4-13(5-9-14)17-18-16(19-23-17)11-22-15-6-2-12(10-20)3-7-15/h2-10H,11H2,1H3. The van der Waals surface area contributed by atoms with Gasteiger partial charge in [0.2, 0.25) is 5.82 Å². The van der Waals surface area contributed by atoms with Crippen molar-refractivity contribution in [3.05, 3.63) is 59.9 Å². The molecule has 0 amide bonds. The van der Waals surface area contributed by atoms with Crippen molar-refractivity contribution in [3.8, 4) is 23.0 Å². The van der Waals surface area contributed by atoms with Crippen molar-refractivity contribution in [2.75, 3.05) is 7.11 Å². The van der Waals surface area contributed by atoms with Gasteiger partial charge < -0.3 is 14.0 Å². The van der Waals surface area contributed by atoms with Crippen LogP contribution in [0.3, 0.4) is 0 Å². The minimum absolute atomic E-state index is 0.181. The molecule has 6 heteroatoms. The van der Waals surface area contributed by atoms with Gasteiger partial charge in [-0.15, -0.1) is 0 Å². The summed E-state index contributed by atoms with van der Waals surface area (Å²) in [7, 11) is 1.61. The fraction of sp³-hybridized carbons (Fsp3) is 0.118. The maximum atomic E-state index is 10.6. The molecule has 116 valence electrons. The number of carbonyl (C=O) groups is 1. The van der Waals surface area contributed by atoms with E-state index in [1.54, 1.807) is 31.4 Å². The molecule has 0 unspecified atom stereocenters. The number of ether oxygens (including phenoxy) is 2. The number of nitrogens with zero attached hydrogens (tertiary/aromatic N) is 2. The first kappa shape index (κ1) is 14.8. The molecule has 0 spiro atoms. The Kier molecular flexibility index (Phi) is 4.33. The van der Waals surface area contributed by atoms with Crippen LogP contribution in [0.25, 0.3) is 11.5 Å². The fourth-order valence-electron chi connectivity index (χ4n) is 1.95. The second kappa shape index (κ2) is 6.74. The molecule has 6 nitrogen and oxygen atoms in total. The smallest absolute Gasteiger partial charge is 0.258 e. The normalized spacial score (nSPS) is 10.3. The van der Waals surface area contributed by atoms with Crippen LogP contribution in [0, 0.1) is 0 Å². The summed E-state index contributed by atoms with van der Waals surface area (Å²) < 4.78 is 15.9. The predicted molar refractivity (Wildman–Crippen MR) is 82.4 cm³/mol. The fourth-order valence-corrected chi connectivity index (χ4v) is 1.95. The van der Waals surface area contributed by atoms with Gasteiger partial charge in [-0.2, -0.15) is 4.98 Å². The Labute approximate surface area is 132 Å². The SMILES string of the molecule is COc1ccc(-c2nc(COc3ccc(C=O)cc3)no2)cc1. The molecule has 23 heavy (non-hydrogen) atoms. The van der Waals surface area contributed by atoms with E-state index >= 15 is 0 Å². The second-order valence-electron chi connectivity index (χ2n) is 4.72. The Bertz CT molecular complexity index is 779. The average molecular weight is 310 g/mol. The zero-order valence-corrected chi connectivity index (χ0v) is 12.4. The molecule has 1 heterocycles. The first-order valence-corrected chi connectivity index (χ1v) is 6.93. The van der Waals surface area contributed by atoms with E-state index in [0.717, 1.165) is 17.6 Å². The Balaban J connectivity index is 1.65. The molecule has 1 aromatic heterocycles. The van der Waals surface area contributed by atoms with Crippen LogP contribution >= 0.6 is 0 Å². The molecule has 3 rings (SSSR count). The Hall–Kier alpha value is -3.15. The molecule has 0 aliphatic heterocycles. The van der Waals surface area contributed by atoms with Crippen molar-refractivity contribution in [1.82, 2.24) is 10.1 Å². The topological polar surface area (TPSA) is 74.5 Å². The van der Waals surface area contributed by atoms with Gasteiger partial charge in [-0.1, -0.05) is 5.16 Å². The minimum Gasteiger partial charge on any atom is -0.497 e. The summed E-state index contributed by atoms with van der Waals surface area (Å²) in [5.41, 5.74) is 1.40. The van der Waals surface area contributed by atoms with Crippen LogP contribution in [0.1, 0.15) is 16.2 Å². The monoisotopic (exact) mass is 310 g/mol. The summed E-state index contributed by atoms with van der Waals surface area (Å²) in [4.78, 5) is 14.9. The molecule has 0 radical (unpaired) electrons. The maximum absolute atomic E-state index is 10.6. The molecular formula is C17H14N2O4. The summed E-state index contributed by atoms with van der Waals surface area (Å²) in [5, 5.41) is 3.89. The lowest BCUT2D eigenvalue weighted by molar-refractivity contribution is 0.112. The van der Waals surface area contributed by atoms with E-state index in [1.165, 1.54) is 0 Å². The van der Waals surface area contributed by atoms with Gasteiger partial charge in [0.1, 0.15) is 17.8 Å². The van der Waals surface area contributed by atoms with Gasteiger partial charge in [-0.25, -0.2) is 0 Å². The van der Waals surface area contributed by atoms with Gasteiger partial charge in [0.15, 0.2) is 6.61 Å². The number of carbonyl (C=O) groups excluding carboxylic acids is 1. The van der Waals surface area contributed by atoms with E-state index in [4.69, 9.17) is 14.0 Å². The molecule has 0 bridgehead atoms. The molecule has 2 aromatic carbocycles. The summed E-state index contributed by atoms with van der Waals surface area (Å²) in [6.07, 6.45) is 0.782. The molecule has 0 saturated heterocycles. The third-order valence-electron chi connectivity index (χ3n) is 3.19. The molecule has 0 N–H and O–H groups in total. The van der Waals surface area contributed by atoms with E-state index in [2.05, 4.69) is 10.1 Å². The van der Waals surface area contributed by atoms with Gasteiger partial charge >= 0.3 is 0 Å².